The van der Waals surface area contributed by atoms with E-state index in [0.29, 0.717) is 17.9 Å². The van der Waals surface area contributed by atoms with Crippen LogP contribution in [0.3, 0.4) is 0 Å². The lowest BCUT2D eigenvalue weighted by Crippen LogP contribution is -2.24. The number of hydrogen-bond donors (Lipinski definition) is 1. The van der Waals surface area contributed by atoms with Crippen molar-refractivity contribution < 1.29 is 19.4 Å². The molecule has 0 spiro atoms. The molecule has 2 aromatic rings. The average Bonchev–Trinajstić information content (AvgIpc) is 2.85. The molecule has 1 N–H and O–H groups in total. The molecule has 1 aliphatic heterocycles. The summed E-state index contributed by atoms with van der Waals surface area (Å²) in [5.74, 6) is 0.0454. The second-order valence-electron chi connectivity index (χ2n) is 4.20. The Morgan fingerprint density at radius 1 is 1.40 bits per heavy atom. The maximum Gasteiger partial charge on any atom is 0.345 e. The average molecular weight is 337 g/mol. The van der Waals surface area contributed by atoms with E-state index in [9.17, 15) is 4.79 Å². The van der Waals surface area contributed by atoms with Crippen LogP contribution >= 0.6 is 15.9 Å². The molecular weight excluding hydrogens is 328 g/mol. The van der Waals surface area contributed by atoms with Crippen molar-refractivity contribution in [3.63, 3.8) is 0 Å². The molecule has 1 aromatic heterocycles. The van der Waals surface area contributed by atoms with E-state index in [1.807, 2.05) is 0 Å². The summed E-state index contributed by atoms with van der Waals surface area (Å²) in [7, 11) is 0. The van der Waals surface area contributed by atoms with Gasteiger partial charge in [-0.15, -0.1) is 0 Å². The molecule has 0 saturated carbocycles. The third-order valence-electron chi connectivity index (χ3n) is 2.79. The summed E-state index contributed by atoms with van der Waals surface area (Å²) in [6.07, 6.45) is 2.68. The third-order valence-corrected chi connectivity index (χ3v) is 3.20. The minimum Gasteiger partial charge on any atom is -0.478 e. The maximum absolute atomic E-state index is 10.9. The molecule has 0 radical (unpaired) electrons. The van der Waals surface area contributed by atoms with E-state index in [2.05, 4.69) is 25.9 Å². The number of aromatic nitrogens is 2. The maximum atomic E-state index is 10.9. The number of halogens is 1. The van der Waals surface area contributed by atoms with Crippen LogP contribution in [0.15, 0.2) is 35.1 Å². The number of carboxylic acid groups (broad SMARTS) is 1. The Morgan fingerprint density at radius 2 is 2.15 bits per heavy atom. The zero-order valence-corrected chi connectivity index (χ0v) is 11.7. The molecule has 1 aromatic carbocycles. The molecule has 0 bridgehead atoms. The van der Waals surface area contributed by atoms with Crippen molar-refractivity contribution in [1.82, 2.24) is 9.97 Å². The zero-order chi connectivity index (χ0) is 14.1. The smallest absolute Gasteiger partial charge is 0.345 e. The zero-order valence-electron chi connectivity index (χ0n) is 10.1. The summed E-state index contributed by atoms with van der Waals surface area (Å²) in [6.45, 7) is 0. The number of carbonyl (C=O) groups is 1. The van der Waals surface area contributed by atoms with Crippen molar-refractivity contribution in [3.05, 3.63) is 40.6 Å². The lowest BCUT2D eigenvalue weighted by Gasteiger charge is -2.06. The van der Waals surface area contributed by atoms with Crippen LogP contribution in [0.1, 0.15) is 5.56 Å². The Hall–Kier alpha value is -2.15. The van der Waals surface area contributed by atoms with Gasteiger partial charge in [0.2, 0.25) is 0 Å². The molecule has 7 heteroatoms. The number of carboxylic acids is 1. The highest BCUT2D eigenvalue weighted by molar-refractivity contribution is 9.10. The van der Waals surface area contributed by atoms with Gasteiger partial charge in [0.15, 0.2) is 6.10 Å². The summed E-state index contributed by atoms with van der Waals surface area (Å²) in [5.41, 5.74) is 0.849. The summed E-state index contributed by atoms with van der Waals surface area (Å²) in [5, 5.41) is 8.94. The van der Waals surface area contributed by atoms with Gasteiger partial charge in [-0.1, -0.05) is 6.07 Å². The van der Waals surface area contributed by atoms with Crippen LogP contribution < -0.4 is 9.47 Å². The van der Waals surface area contributed by atoms with Gasteiger partial charge in [0.05, 0.1) is 4.47 Å². The van der Waals surface area contributed by atoms with Gasteiger partial charge in [-0.25, -0.2) is 14.8 Å². The molecule has 3 rings (SSSR count). The second kappa shape index (κ2) is 5.09. The lowest BCUT2D eigenvalue weighted by molar-refractivity contribution is -0.144. The minimum absolute atomic E-state index is 0.209. The van der Waals surface area contributed by atoms with E-state index >= 15 is 0 Å². The Balaban J connectivity index is 1.79. The number of ether oxygens (including phenoxy) is 2. The molecule has 1 unspecified atom stereocenters. The summed E-state index contributed by atoms with van der Waals surface area (Å²) in [6, 6.07) is 5.37. The summed E-state index contributed by atoms with van der Waals surface area (Å²) < 4.78 is 11.6. The summed E-state index contributed by atoms with van der Waals surface area (Å²) in [4.78, 5) is 18.9. The van der Waals surface area contributed by atoms with Gasteiger partial charge >= 0.3 is 12.0 Å². The number of hydrogen-bond acceptors (Lipinski definition) is 5. The predicted molar refractivity (Wildman–Crippen MR) is 72.0 cm³/mol. The van der Waals surface area contributed by atoms with Crippen LogP contribution in [-0.2, 0) is 11.2 Å². The highest BCUT2D eigenvalue weighted by Gasteiger charge is 2.29. The Labute approximate surface area is 122 Å². The molecular formula is C13H9BrN2O4. The Morgan fingerprint density at radius 3 is 2.85 bits per heavy atom. The van der Waals surface area contributed by atoms with E-state index in [1.165, 1.54) is 0 Å². The molecule has 1 aliphatic rings. The predicted octanol–water partition coefficient (Wildman–Crippen LogP) is 2.42. The molecule has 1 atom stereocenters. The van der Waals surface area contributed by atoms with Gasteiger partial charge in [0.1, 0.15) is 11.5 Å². The van der Waals surface area contributed by atoms with E-state index in [1.54, 1.807) is 30.6 Å². The van der Waals surface area contributed by atoms with Crippen LogP contribution in [-0.4, -0.2) is 27.1 Å². The highest BCUT2D eigenvalue weighted by Crippen LogP contribution is 2.33. The topological polar surface area (TPSA) is 81.5 Å². The van der Waals surface area contributed by atoms with E-state index in [-0.39, 0.29) is 6.01 Å². The SMILES string of the molecule is O=C(O)C1Cc2ccc(Oc3ncc(Br)cn3)cc2O1. The standard InChI is InChI=1S/C13H9BrN2O4/c14-8-5-15-13(16-6-8)19-9-2-1-7-3-11(12(17)18)20-10(7)4-9/h1-2,4-6,11H,3H2,(H,17,18). The van der Waals surface area contributed by atoms with Crippen molar-refractivity contribution in [2.75, 3.05) is 0 Å². The number of benzene rings is 1. The fourth-order valence-corrected chi connectivity index (χ4v) is 2.07. The van der Waals surface area contributed by atoms with Gasteiger partial charge in [-0.2, -0.15) is 0 Å². The highest BCUT2D eigenvalue weighted by atomic mass is 79.9. The van der Waals surface area contributed by atoms with E-state index in [0.717, 1.165) is 10.0 Å². The van der Waals surface area contributed by atoms with Gasteiger partial charge in [-0.3, -0.25) is 0 Å². The first-order valence-corrected chi connectivity index (χ1v) is 6.59. The van der Waals surface area contributed by atoms with Crippen molar-refractivity contribution in [1.29, 1.82) is 0 Å². The molecule has 2 heterocycles. The minimum atomic E-state index is -0.972. The normalized spacial score (nSPS) is 16.4. The fraction of sp³-hybridized carbons (Fsp3) is 0.154. The van der Waals surface area contributed by atoms with Crippen LogP contribution in [0.25, 0.3) is 0 Å². The molecule has 20 heavy (non-hydrogen) atoms. The van der Waals surface area contributed by atoms with Crippen LogP contribution in [0.2, 0.25) is 0 Å². The van der Waals surface area contributed by atoms with E-state index < -0.39 is 12.1 Å². The third kappa shape index (κ3) is 2.57. The number of rotatable bonds is 3. The molecule has 0 fully saturated rings. The Kier molecular flexibility index (Phi) is 3.27. The first kappa shape index (κ1) is 12.9. The number of fused-ring (bicyclic) bond motifs is 1. The summed E-state index contributed by atoms with van der Waals surface area (Å²) >= 11 is 3.24. The fourth-order valence-electron chi connectivity index (χ4n) is 1.87. The van der Waals surface area contributed by atoms with Gasteiger partial charge < -0.3 is 14.6 Å². The van der Waals surface area contributed by atoms with Crippen LogP contribution in [0, 0.1) is 0 Å². The number of aliphatic carboxylic acids is 1. The molecule has 102 valence electrons. The first-order valence-electron chi connectivity index (χ1n) is 5.79. The first-order chi connectivity index (χ1) is 9.61. The molecule has 6 nitrogen and oxygen atoms in total. The molecule has 0 saturated heterocycles. The van der Waals surface area contributed by atoms with E-state index in [4.69, 9.17) is 14.6 Å². The van der Waals surface area contributed by atoms with Crippen molar-refractivity contribution >= 4 is 21.9 Å². The quantitative estimate of drug-likeness (QED) is 0.926. The van der Waals surface area contributed by atoms with Gasteiger partial charge in [0, 0.05) is 24.9 Å². The van der Waals surface area contributed by atoms with Crippen molar-refractivity contribution in [2.45, 2.75) is 12.5 Å². The number of nitrogens with zero attached hydrogens (tertiary/aromatic N) is 2. The molecule has 0 aliphatic carbocycles. The van der Waals surface area contributed by atoms with Crippen LogP contribution in [0.4, 0.5) is 0 Å². The monoisotopic (exact) mass is 336 g/mol. The second-order valence-corrected chi connectivity index (χ2v) is 5.12. The lowest BCUT2D eigenvalue weighted by atomic mass is 10.1. The van der Waals surface area contributed by atoms with Crippen LogP contribution in [0.5, 0.6) is 17.5 Å². The Bertz CT molecular complexity index is 660. The molecule has 0 amide bonds. The van der Waals surface area contributed by atoms with Crippen molar-refractivity contribution in [3.8, 4) is 17.5 Å². The largest absolute Gasteiger partial charge is 0.478 e. The van der Waals surface area contributed by atoms with Gasteiger partial charge in [-0.05, 0) is 27.6 Å². The van der Waals surface area contributed by atoms with Gasteiger partial charge in [0.25, 0.3) is 0 Å². The van der Waals surface area contributed by atoms with Crippen molar-refractivity contribution in [2.24, 2.45) is 0 Å².